The van der Waals surface area contributed by atoms with Crippen LogP contribution in [0.2, 0.25) is 0 Å². The van der Waals surface area contributed by atoms with Gasteiger partial charge < -0.3 is 0 Å². The van der Waals surface area contributed by atoms with Gasteiger partial charge in [-0.1, -0.05) is 18.2 Å². The molecule has 0 spiro atoms. The van der Waals surface area contributed by atoms with Crippen LogP contribution in [0, 0.1) is 0 Å². The van der Waals surface area contributed by atoms with Crippen LogP contribution in [-0.2, 0) is 12.6 Å². The maximum atomic E-state index is 12.6. The van der Waals surface area contributed by atoms with Gasteiger partial charge in [-0.25, -0.2) is 0 Å². The average molecular weight is 279 g/mol. The molecule has 0 atom stereocenters. The van der Waals surface area contributed by atoms with Crippen LogP contribution in [0.1, 0.15) is 27.9 Å². The molecule has 20 heavy (non-hydrogen) atoms. The number of benzene rings is 1. The fraction of sp³-hybridized carbons (Fsp3) is 0.200. The number of pyridine rings is 1. The predicted molar refractivity (Wildman–Crippen MR) is 68.3 cm³/mol. The van der Waals surface area contributed by atoms with Crippen LogP contribution in [-0.4, -0.2) is 10.8 Å². The van der Waals surface area contributed by atoms with E-state index in [9.17, 15) is 18.0 Å². The largest absolute Gasteiger partial charge is 0.416 e. The second-order valence-corrected chi connectivity index (χ2v) is 4.36. The molecule has 0 unspecified atom stereocenters. The Bertz CT molecular complexity index is 594. The Kier molecular flexibility index (Phi) is 4.17. The molecule has 0 bridgehead atoms. The van der Waals surface area contributed by atoms with Crippen molar-refractivity contribution in [3.05, 3.63) is 65.5 Å². The van der Waals surface area contributed by atoms with E-state index >= 15 is 0 Å². The summed E-state index contributed by atoms with van der Waals surface area (Å²) in [6.07, 6.45) is -0.549. The first-order chi connectivity index (χ1) is 9.47. The molecule has 2 nitrogen and oxygen atoms in total. The number of aryl methyl sites for hydroxylation is 1. The standard InChI is InChI=1S/C15H12F3NO/c16-15(17,18)13-5-1-4-12(9-13)14(20)7-6-11-3-2-8-19-10-11/h1-5,8-10H,6-7H2. The summed E-state index contributed by atoms with van der Waals surface area (Å²) in [7, 11) is 0. The number of rotatable bonds is 4. The van der Waals surface area contributed by atoms with E-state index < -0.39 is 11.7 Å². The number of alkyl halides is 3. The van der Waals surface area contributed by atoms with Gasteiger partial charge in [0.1, 0.15) is 0 Å². The lowest BCUT2D eigenvalue weighted by molar-refractivity contribution is -0.137. The molecule has 1 aromatic carbocycles. The maximum absolute atomic E-state index is 12.6. The molecule has 0 fully saturated rings. The van der Waals surface area contributed by atoms with Crippen LogP contribution in [0.25, 0.3) is 0 Å². The summed E-state index contributed by atoms with van der Waals surface area (Å²) in [5.74, 6) is -0.306. The fourth-order valence-corrected chi connectivity index (χ4v) is 1.82. The summed E-state index contributed by atoms with van der Waals surface area (Å²) in [6, 6.07) is 8.08. The summed E-state index contributed by atoms with van der Waals surface area (Å²) >= 11 is 0. The minimum atomic E-state index is -4.43. The first-order valence-corrected chi connectivity index (χ1v) is 6.06. The van der Waals surface area contributed by atoms with Crippen molar-refractivity contribution in [1.29, 1.82) is 0 Å². The minimum absolute atomic E-state index is 0.0868. The van der Waals surface area contributed by atoms with Crippen molar-refractivity contribution in [3.8, 4) is 0 Å². The second-order valence-electron chi connectivity index (χ2n) is 4.36. The third-order valence-corrected chi connectivity index (χ3v) is 2.88. The monoisotopic (exact) mass is 279 g/mol. The summed E-state index contributed by atoms with van der Waals surface area (Å²) in [6.45, 7) is 0. The van der Waals surface area contributed by atoms with Crippen molar-refractivity contribution in [3.63, 3.8) is 0 Å². The van der Waals surface area contributed by atoms with Gasteiger partial charge in [-0.2, -0.15) is 13.2 Å². The van der Waals surface area contributed by atoms with Gasteiger partial charge >= 0.3 is 6.18 Å². The summed E-state index contributed by atoms with van der Waals surface area (Å²) in [5, 5.41) is 0. The Morgan fingerprint density at radius 3 is 2.60 bits per heavy atom. The molecule has 0 aliphatic rings. The number of ketones is 1. The van der Waals surface area contributed by atoms with E-state index in [0.29, 0.717) is 6.42 Å². The molecule has 0 amide bonds. The Morgan fingerprint density at radius 2 is 1.95 bits per heavy atom. The highest BCUT2D eigenvalue weighted by atomic mass is 19.4. The first-order valence-electron chi connectivity index (χ1n) is 6.06. The topological polar surface area (TPSA) is 30.0 Å². The molecular weight excluding hydrogens is 267 g/mol. The zero-order valence-corrected chi connectivity index (χ0v) is 10.5. The maximum Gasteiger partial charge on any atom is 0.416 e. The van der Waals surface area contributed by atoms with E-state index in [2.05, 4.69) is 4.98 Å². The normalized spacial score (nSPS) is 11.3. The van der Waals surface area contributed by atoms with Crippen molar-refractivity contribution < 1.29 is 18.0 Å². The van der Waals surface area contributed by atoms with E-state index in [0.717, 1.165) is 17.7 Å². The Labute approximate surface area is 114 Å². The van der Waals surface area contributed by atoms with Gasteiger partial charge in [-0.05, 0) is 30.2 Å². The van der Waals surface area contributed by atoms with Crippen LogP contribution in [0.3, 0.4) is 0 Å². The lowest BCUT2D eigenvalue weighted by atomic mass is 10.0. The number of hydrogen-bond donors (Lipinski definition) is 0. The van der Waals surface area contributed by atoms with E-state index in [1.165, 1.54) is 12.1 Å². The van der Waals surface area contributed by atoms with Crippen molar-refractivity contribution in [2.75, 3.05) is 0 Å². The minimum Gasteiger partial charge on any atom is -0.294 e. The zero-order chi connectivity index (χ0) is 14.6. The molecule has 1 heterocycles. The smallest absolute Gasteiger partial charge is 0.294 e. The van der Waals surface area contributed by atoms with Crippen molar-refractivity contribution in [2.24, 2.45) is 0 Å². The van der Waals surface area contributed by atoms with E-state index in [-0.39, 0.29) is 17.8 Å². The molecule has 0 saturated carbocycles. The number of Topliss-reactive ketones (excluding diaryl/α,β-unsaturated/α-hetero) is 1. The highest BCUT2D eigenvalue weighted by Crippen LogP contribution is 2.29. The molecule has 0 saturated heterocycles. The number of nitrogens with zero attached hydrogens (tertiary/aromatic N) is 1. The van der Waals surface area contributed by atoms with Crippen molar-refractivity contribution >= 4 is 5.78 Å². The number of halogens is 3. The number of aromatic nitrogens is 1. The van der Waals surface area contributed by atoms with Gasteiger partial charge in [0.15, 0.2) is 5.78 Å². The third-order valence-electron chi connectivity index (χ3n) is 2.88. The van der Waals surface area contributed by atoms with Gasteiger partial charge in [-0.3, -0.25) is 9.78 Å². The lowest BCUT2D eigenvalue weighted by Crippen LogP contribution is -2.08. The van der Waals surface area contributed by atoms with Gasteiger partial charge in [-0.15, -0.1) is 0 Å². The SMILES string of the molecule is O=C(CCc1cccnc1)c1cccc(C(F)(F)F)c1. The third kappa shape index (κ3) is 3.66. The van der Waals surface area contributed by atoms with E-state index in [1.807, 2.05) is 6.07 Å². The van der Waals surface area contributed by atoms with Crippen molar-refractivity contribution in [1.82, 2.24) is 4.98 Å². The zero-order valence-electron chi connectivity index (χ0n) is 10.5. The van der Waals surface area contributed by atoms with E-state index in [4.69, 9.17) is 0 Å². The van der Waals surface area contributed by atoms with Gasteiger partial charge in [0.05, 0.1) is 5.56 Å². The van der Waals surface area contributed by atoms with Gasteiger partial charge in [0.25, 0.3) is 0 Å². The van der Waals surface area contributed by atoms with Gasteiger partial charge in [0, 0.05) is 24.4 Å². The Morgan fingerprint density at radius 1 is 1.15 bits per heavy atom. The first kappa shape index (κ1) is 14.2. The summed E-state index contributed by atoms with van der Waals surface area (Å²) < 4.78 is 37.7. The highest BCUT2D eigenvalue weighted by molar-refractivity contribution is 5.96. The van der Waals surface area contributed by atoms with Crippen LogP contribution in [0.4, 0.5) is 13.2 Å². The Balaban J connectivity index is 2.06. The highest BCUT2D eigenvalue weighted by Gasteiger charge is 2.30. The van der Waals surface area contributed by atoms with Crippen LogP contribution >= 0.6 is 0 Å². The molecule has 104 valence electrons. The average Bonchev–Trinajstić information content (AvgIpc) is 2.45. The molecule has 2 rings (SSSR count). The molecule has 1 aromatic heterocycles. The van der Waals surface area contributed by atoms with Crippen molar-refractivity contribution in [2.45, 2.75) is 19.0 Å². The molecule has 0 N–H and O–H groups in total. The second kappa shape index (κ2) is 5.86. The summed E-state index contributed by atoms with van der Waals surface area (Å²) in [4.78, 5) is 15.8. The Hall–Kier alpha value is -2.17. The van der Waals surface area contributed by atoms with Crippen LogP contribution in [0.15, 0.2) is 48.8 Å². The number of hydrogen-bond acceptors (Lipinski definition) is 2. The molecule has 2 aromatic rings. The van der Waals surface area contributed by atoms with Crippen LogP contribution in [0.5, 0.6) is 0 Å². The molecular formula is C15H12F3NO. The molecule has 0 aliphatic heterocycles. The summed E-state index contributed by atoms with van der Waals surface area (Å²) in [5.41, 5.74) is 0.168. The van der Waals surface area contributed by atoms with Gasteiger partial charge in [0.2, 0.25) is 0 Å². The van der Waals surface area contributed by atoms with E-state index in [1.54, 1.807) is 18.5 Å². The lowest BCUT2D eigenvalue weighted by Gasteiger charge is -2.08. The predicted octanol–water partition coefficient (Wildman–Crippen LogP) is 3.92. The molecule has 0 radical (unpaired) electrons. The van der Waals surface area contributed by atoms with Crippen LogP contribution < -0.4 is 0 Å². The number of carbonyl (C=O) groups excluding carboxylic acids is 1. The quantitative estimate of drug-likeness (QED) is 0.794. The fourth-order valence-electron chi connectivity index (χ4n) is 1.82. The molecule has 0 aliphatic carbocycles. The number of carbonyl (C=O) groups is 1. The molecule has 5 heteroatoms.